The summed E-state index contributed by atoms with van der Waals surface area (Å²) in [5, 5.41) is 0. The zero-order chi connectivity index (χ0) is 17.2. The van der Waals surface area contributed by atoms with Crippen molar-refractivity contribution in [1.82, 2.24) is 0 Å². The molecular formula is C22H26O2. The normalized spacial score (nSPS) is 12.2. The number of carbonyl (C=O) groups excluding carboxylic acids is 1. The topological polar surface area (TPSA) is 26.3 Å². The Morgan fingerprint density at radius 2 is 1.75 bits per heavy atom. The number of rotatable bonds is 8. The lowest BCUT2D eigenvalue weighted by Crippen LogP contribution is -2.07. The maximum Gasteiger partial charge on any atom is 0.338 e. The maximum atomic E-state index is 12.1. The third kappa shape index (κ3) is 6.04. The quantitative estimate of drug-likeness (QED) is 0.347. The molecule has 2 aromatic carbocycles. The van der Waals surface area contributed by atoms with Crippen LogP contribution in [0.4, 0.5) is 0 Å². The van der Waals surface area contributed by atoms with Crippen LogP contribution >= 0.6 is 0 Å². The van der Waals surface area contributed by atoms with Crippen LogP contribution in [0.15, 0.2) is 54.6 Å². The number of hydrogen-bond acceptors (Lipinski definition) is 2. The molecule has 0 radical (unpaired) electrons. The van der Waals surface area contributed by atoms with Gasteiger partial charge in [-0.1, -0.05) is 74.9 Å². The first-order valence-corrected chi connectivity index (χ1v) is 8.69. The Kier molecular flexibility index (Phi) is 7.28. The molecule has 0 fully saturated rings. The molecule has 0 heterocycles. The van der Waals surface area contributed by atoms with Crippen LogP contribution in [0, 0.1) is 5.92 Å². The Morgan fingerprint density at radius 3 is 2.50 bits per heavy atom. The second-order valence-corrected chi connectivity index (χ2v) is 6.16. The van der Waals surface area contributed by atoms with Gasteiger partial charge in [-0.25, -0.2) is 4.79 Å². The molecule has 0 saturated heterocycles. The molecule has 1 unspecified atom stereocenters. The predicted molar refractivity (Wildman–Crippen MR) is 101 cm³/mol. The lowest BCUT2D eigenvalue weighted by molar-refractivity contribution is 0.0494. The summed E-state index contributed by atoms with van der Waals surface area (Å²) in [5.74, 6) is 0.448. The van der Waals surface area contributed by atoms with Gasteiger partial charge in [0.05, 0.1) is 12.2 Å². The van der Waals surface area contributed by atoms with E-state index in [9.17, 15) is 4.79 Å². The fourth-order valence-corrected chi connectivity index (χ4v) is 2.41. The van der Waals surface area contributed by atoms with Gasteiger partial charge in [-0.2, -0.15) is 0 Å². The molecule has 24 heavy (non-hydrogen) atoms. The van der Waals surface area contributed by atoms with E-state index in [1.807, 2.05) is 60.7 Å². The second kappa shape index (κ2) is 9.71. The van der Waals surface area contributed by atoms with Crippen LogP contribution in [-0.2, 0) is 4.74 Å². The van der Waals surface area contributed by atoms with Crippen LogP contribution in [-0.4, -0.2) is 12.6 Å². The number of ether oxygens (including phenoxy) is 1. The number of hydrogen-bond donors (Lipinski definition) is 0. The van der Waals surface area contributed by atoms with Gasteiger partial charge in [-0.3, -0.25) is 0 Å². The van der Waals surface area contributed by atoms with Crippen molar-refractivity contribution in [3.8, 4) is 0 Å². The summed E-state index contributed by atoms with van der Waals surface area (Å²) in [6, 6.07) is 17.7. The number of benzene rings is 2. The van der Waals surface area contributed by atoms with Crippen LogP contribution in [0.25, 0.3) is 12.2 Å². The summed E-state index contributed by atoms with van der Waals surface area (Å²) in [5.41, 5.74) is 2.73. The van der Waals surface area contributed by atoms with E-state index in [2.05, 4.69) is 13.8 Å². The molecule has 2 aromatic rings. The molecule has 0 bridgehead atoms. The molecule has 0 aliphatic heterocycles. The van der Waals surface area contributed by atoms with E-state index in [0.29, 0.717) is 18.1 Å². The standard InChI is InChI=1S/C22H26O2/c1-3-18(2)9-8-16-24-22(23)21-13-7-12-20(17-21)15-14-19-10-5-4-6-11-19/h4-7,10-15,17-18H,3,8-9,16H2,1-2H3/b15-14+. The minimum absolute atomic E-state index is 0.242. The molecule has 126 valence electrons. The molecular weight excluding hydrogens is 296 g/mol. The van der Waals surface area contributed by atoms with Gasteiger partial charge >= 0.3 is 5.97 Å². The molecule has 0 aliphatic rings. The summed E-state index contributed by atoms with van der Waals surface area (Å²) in [6.45, 7) is 4.91. The predicted octanol–water partition coefficient (Wildman–Crippen LogP) is 5.84. The van der Waals surface area contributed by atoms with E-state index in [4.69, 9.17) is 4.74 Å². The average molecular weight is 322 g/mol. The first-order chi connectivity index (χ1) is 11.7. The largest absolute Gasteiger partial charge is 0.462 e. The molecule has 0 aliphatic carbocycles. The molecule has 0 aromatic heterocycles. The van der Waals surface area contributed by atoms with E-state index >= 15 is 0 Å². The van der Waals surface area contributed by atoms with E-state index < -0.39 is 0 Å². The molecule has 0 spiro atoms. The van der Waals surface area contributed by atoms with Crippen LogP contribution in [0.3, 0.4) is 0 Å². The fraction of sp³-hybridized carbons (Fsp3) is 0.318. The molecule has 0 N–H and O–H groups in total. The molecule has 0 amide bonds. The summed E-state index contributed by atoms with van der Waals surface area (Å²) >= 11 is 0. The highest BCUT2D eigenvalue weighted by atomic mass is 16.5. The Morgan fingerprint density at radius 1 is 1.04 bits per heavy atom. The lowest BCUT2D eigenvalue weighted by atomic mass is 10.0. The van der Waals surface area contributed by atoms with Crippen LogP contribution in [0.5, 0.6) is 0 Å². The maximum absolute atomic E-state index is 12.1. The van der Waals surface area contributed by atoms with E-state index in [-0.39, 0.29) is 5.97 Å². The van der Waals surface area contributed by atoms with Gasteiger partial charge in [0.1, 0.15) is 0 Å². The van der Waals surface area contributed by atoms with Gasteiger partial charge in [-0.05, 0) is 42.0 Å². The van der Waals surface area contributed by atoms with Crippen molar-refractivity contribution >= 4 is 18.1 Å². The van der Waals surface area contributed by atoms with Gasteiger partial charge in [0, 0.05) is 0 Å². The monoisotopic (exact) mass is 322 g/mol. The van der Waals surface area contributed by atoms with E-state index in [0.717, 1.165) is 24.0 Å². The Balaban J connectivity index is 1.89. The van der Waals surface area contributed by atoms with Crippen molar-refractivity contribution < 1.29 is 9.53 Å². The van der Waals surface area contributed by atoms with Crippen molar-refractivity contribution in [2.75, 3.05) is 6.61 Å². The Hall–Kier alpha value is -2.35. The SMILES string of the molecule is CCC(C)CCCOC(=O)c1cccc(/C=C/c2ccccc2)c1. The van der Waals surface area contributed by atoms with E-state index in [1.54, 1.807) is 6.07 Å². The van der Waals surface area contributed by atoms with E-state index in [1.165, 1.54) is 6.42 Å². The van der Waals surface area contributed by atoms with Gasteiger partial charge in [0.15, 0.2) is 0 Å². The molecule has 2 rings (SSSR count). The van der Waals surface area contributed by atoms with Crippen molar-refractivity contribution in [3.05, 3.63) is 71.3 Å². The van der Waals surface area contributed by atoms with Crippen LogP contribution in [0.1, 0.15) is 54.6 Å². The first kappa shape index (κ1) is 18.0. The summed E-state index contributed by atoms with van der Waals surface area (Å²) in [6.07, 6.45) is 7.24. The molecule has 2 nitrogen and oxygen atoms in total. The van der Waals surface area contributed by atoms with Crippen molar-refractivity contribution in [2.45, 2.75) is 33.1 Å². The average Bonchev–Trinajstić information content (AvgIpc) is 2.64. The Bertz CT molecular complexity index is 659. The van der Waals surface area contributed by atoms with Crippen LogP contribution < -0.4 is 0 Å². The van der Waals surface area contributed by atoms with Crippen molar-refractivity contribution in [2.24, 2.45) is 5.92 Å². The number of carbonyl (C=O) groups is 1. The zero-order valence-corrected chi connectivity index (χ0v) is 14.6. The smallest absolute Gasteiger partial charge is 0.338 e. The highest BCUT2D eigenvalue weighted by molar-refractivity contribution is 5.90. The summed E-state index contributed by atoms with van der Waals surface area (Å²) in [7, 11) is 0. The van der Waals surface area contributed by atoms with Crippen LogP contribution in [0.2, 0.25) is 0 Å². The minimum Gasteiger partial charge on any atom is -0.462 e. The molecule has 2 heteroatoms. The minimum atomic E-state index is -0.242. The highest BCUT2D eigenvalue weighted by Gasteiger charge is 2.07. The van der Waals surface area contributed by atoms with Crippen molar-refractivity contribution in [3.63, 3.8) is 0 Å². The van der Waals surface area contributed by atoms with Crippen molar-refractivity contribution in [1.29, 1.82) is 0 Å². The summed E-state index contributed by atoms with van der Waals surface area (Å²) < 4.78 is 5.38. The highest BCUT2D eigenvalue weighted by Crippen LogP contribution is 2.13. The zero-order valence-electron chi connectivity index (χ0n) is 14.6. The van der Waals surface area contributed by atoms with Gasteiger partial charge < -0.3 is 4.74 Å². The molecule has 0 saturated carbocycles. The van der Waals surface area contributed by atoms with Gasteiger partial charge in [-0.15, -0.1) is 0 Å². The Labute approximate surface area is 145 Å². The molecule has 1 atom stereocenters. The lowest BCUT2D eigenvalue weighted by Gasteiger charge is -2.09. The van der Waals surface area contributed by atoms with Gasteiger partial charge in [0.2, 0.25) is 0 Å². The summed E-state index contributed by atoms with van der Waals surface area (Å²) in [4.78, 5) is 12.1. The second-order valence-electron chi connectivity index (χ2n) is 6.16. The van der Waals surface area contributed by atoms with Gasteiger partial charge in [0.25, 0.3) is 0 Å². The third-order valence-corrected chi connectivity index (χ3v) is 4.16. The third-order valence-electron chi connectivity index (χ3n) is 4.16. The first-order valence-electron chi connectivity index (χ1n) is 8.69. The fourth-order valence-electron chi connectivity index (χ4n) is 2.41. The number of esters is 1.